The molecule has 0 heterocycles. The lowest BCUT2D eigenvalue weighted by molar-refractivity contribution is -0.143. The van der Waals surface area contributed by atoms with Crippen molar-refractivity contribution >= 4 is 5.97 Å². The second kappa shape index (κ2) is 7.46. The van der Waals surface area contributed by atoms with Crippen molar-refractivity contribution in [2.45, 2.75) is 0 Å². The summed E-state index contributed by atoms with van der Waals surface area (Å²) in [4.78, 5) is 9.90. The molecule has 0 atom stereocenters. The minimum Gasteiger partial charge on any atom is -0.480 e. The number of hydrogen-bond acceptors (Lipinski definition) is 4. The summed E-state index contributed by atoms with van der Waals surface area (Å²) >= 11 is 0. The lowest BCUT2D eigenvalue weighted by Crippen LogP contribution is -2.11. The van der Waals surface area contributed by atoms with E-state index in [1.165, 1.54) is 7.11 Å². The molecule has 0 rings (SSSR count). The van der Waals surface area contributed by atoms with E-state index in [4.69, 9.17) is 9.84 Å². The van der Waals surface area contributed by atoms with Crippen molar-refractivity contribution in [2.75, 3.05) is 33.7 Å². The van der Waals surface area contributed by atoms with Gasteiger partial charge in [0.15, 0.2) is 0 Å². The van der Waals surface area contributed by atoms with Gasteiger partial charge in [0, 0.05) is 7.11 Å². The summed E-state index contributed by atoms with van der Waals surface area (Å²) < 4.78 is 14.1. The first kappa shape index (κ1) is 10.3. The molecule has 0 aliphatic carbocycles. The van der Waals surface area contributed by atoms with Gasteiger partial charge in [0.05, 0.1) is 13.2 Å². The molecule has 11 heavy (non-hydrogen) atoms. The monoisotopic (exact) mass is 164 g/mol. The predicted molar refractivity (Wildman–Crippen MR) is 36.3 cm³/mol. The zero-order valence-corrected chi connectivity index (χ0v) is 6.41. The van der Waals surface area contributed by atoms with Crippen LogP contribution in [0.4, 0.5) is 0 Å². The first-order chi connectivity index (χ1) is 5.27. The minimum absolute atomic E-state index is 0.205. The summed E-state index contributed by atoms with van der Waals surface area (Å²) in [6.07, 6.45) is 0. The van der Waals surface area contributed by atoms with Crippen molar-refractivity contribution in [1.29, 1.82) is 0 Å². The van der Waals surface area contributed by atoms with E-state index in [-0.39, 0.29) is 20.0 Å². The highest BCUT2D eigenvalue weighted by Crippen LogP contribution is 1.78. The van der Waals surface area contributed by atoms with Gasteiger partial charge in [-0.1, -0.05) is 0 Å². The van der Waals surface area contributed by atoms with E-state index in [2.05, 4.69) is 9.47 Å². The van der Waals surface area contributed by atoms with Crippen molar-refractivity contribution in [3.8, 4) is 0 Å². The zero-order valence-electron chi connectivity index (χ0n) is 6.41. The number of rotatable bonds is 7. The molecule has 66 valence electrons. The second-order valence-corrected chi connectivity index (χ2v) is 1.76. The molecule has 0 aromatic rings. The van der Waals surface area contributed by atoms with Crippen molar-refractivity contribution < 1.29 is 24.1 Å². The summed E-state index contributed by atoms with van der Waals surface area (Å²) in [6.45, 7) is 0.545. The van der Waals surface area contributed by atoms with Crippen LogP contribution in [0.25, 0.3) is 0 Å². The van der Waals surface area contributed by atoms with Gasteiger partial charge in [-0.05, 0) is 0 Å². The van der Waals surface area contributed by atoms with Gasteiger partial charge in [-0.15, -0.1) is 0 Å². The van der Waals surface area contributed by atoms with Gasteiger partial charge in [0.25, 0.3) is 0 Å². The number of carbonyl (C=O) groups is 1. The molecule has 0 saturated carbocycles. The number of aliphatic carboxylic acids is 1. The third-order valence-electron chi connectivity index (χ3n) is 0.799. The number of methoxy groups -OCH3 is 1. The number of hydrogen-bond donors (Lipinski definition) is 1. The van der Waals surface area contributed by atoms with Crippen molar-refractivity contribution in [1.82, 2.24) is 0 Å². The summed E-state index contributed by atoms with van der Waals surface area (Å²) in [5.41, 5.74) is 0. The van der Waals surface area contributed by atoms with Crippen LogP contribution in [-0.2, 0) is 19.0 Å². The van der Waals surface area contributed by atoms with Crippen molar-refractivity contribution in [2.24, 2.45) is 0 Å². The molecule has 0 aromatic carbocycles. The highest BCUT2D eigenvalue weighted by atomic mass is 16.7. The highest BCUT2D eigenvalue weighted by Gasteiger charge is 1.94. The summed E-state index contributed by atoms with van der Waals surface area (Å²) in [5, 5.41) is 8.13. The number of ether oxygens (including phenoxy) is 3. The molecule has 5 heteroatoms. The third-order valence-corrected chi connectivity index (χ3v) is 0.799. The van der Waals surface area contributed by atoms with Gasteiger partial charge in [-0.3, -0.25) is 0 Å². The van der Waals surface area contributed by atoms with Crippen LogP contribution in [0.3, 0.4) is 0 Å². The lowest BCUT2D eigenvalue weighted by atomic mass is 10.7. The number of carboxylic acid groups (broad SMARTS) is 1. The summed E-state index contributed by atoms with van der Waals surface area (Å²) in [7, 11) is 1.51. The van der Waals surface area contributed by atoms with Crippen LogP contribution in [0.15, 0.2) is 0 Å². The molecule has 0 amide bonds. The Balaban J connectivity index is 2.85. The van der Waals surface area contributed by atoms with E-state index in [1.807, 2.05) is 0 Å². The molecule has 0 unspecified atom stereocenters. The maximum Gasteiger partial charge on any atom is 0.329 e. The quantitative estimate of drug-likeness (QED) is 0.413. The van der Waals surface area contributed by atoms with E-state index in [9.17, 15) is 4.79 Å². The van der Waals surface area contributed by atoms with Crippen LogP contribution in [0.2, 0.25) is 0 Å². The Bertz CT molecular complexity index is 103. The Kier molecular flexibility index (Phi) is 7.02. The Morgan fingerprint density at radius 1 is 1.36 bits per heavy atom. The van der Waals surface area contributed by atoms with E-state index >= 15 is 0 Å². The molecule has 0 aromatic heterocycles. The van der Waals surface area contributed by atoms with Crippen molar-refractivity contribution in [3.05, 3.63) is 0 Å². The normalized spacial score (nSPS) is 9.91. The van der Waals surface area contributed by atoms with E-state index in [0.717, 1.165) is 0 Å². The fourth-order valence-corrected chi connectivity index (χ4v) is 0.420. The van der Waals surface area contributed by atoms with Crippen LogP contribution in [0.1, 0.15) is 0 Å². The van der Waals surface area contributed by atoms with Gasteiger partial charge in [-0.2, -0.15) is 0 Å². The molecule has 0 bridgehead atoms. The SMILES string of the molecule is COCOCCOCC(=O)O. The minimum atomic E-state index is -0.975. The molecule has 5 nitrogen and oxygen atoms in total. The topological polar surface area (TPSA) is 65.0 Å². The van der Waals surface area contributed by atoms with Gasteiger partial charge in [-0.25, -0.2) is 4.79 Å². The Hall–Kier alpha value is -0.650. The first-order valence-electron chi connectivity index (χ1n) is 3.13. The fraction of sp³-hybridized carbons (Fsp3) is 0.833. The molecule has 1 N–H and O–H groups in total. The lowest BCUT2D eigenvalue weighted by Gasteiger charge is -2.01. The number of carboxylic acids is 1. The van der Waals surface area contributed by atoms with E-state index in [0.29, 0.717) is 6.61 Å². The predicted octanol–water partition coefficient (Wildman–Crippen LogP) is -0.292. The van der Waals surface area contributed by atoms with Gasteiger partial charge >= 0.3 is 5.97 Å². The molecule has 0 aliphatic rings. The molecule has 0 fully saturated rings. The maximum absolute atomic E-state index is 9.90. The molecule has 0 aliphatic heterocycles. The van der Waals surface area contributed by atoms with E-state index < -0.39 is 5.97 Å². The average molecular weight is 164 g/mol. The van der Waals surface area contributed by atoms with Crippen LogP contribution in [0.5, 0.6) is 0 Å². The molecule has 0 radical (unpaired) electrons. The average Bonchev–Trinajstić information content (AvgIpc) is 1.96. The molecular weight excluding hydrogens is 152 g/mol. The van der Waals surface area contributed by atoms with E-state index in [1.54, 1.807) is 0 Å². The summed E-state index contributed by atoms with van der Waals surface area (Å²) in [6, 6.07) is 0. The molecular formula is C6H12O5. The van der Waals surface area contributed by atoms with Crippen LogP contribution in [-0.4, -0.2) is 44.8 Å². The highest BCUT2D eigenvalue weighted by molar-refractivity contribution is 5.67. The van der Waals surface area contributed by atoms with Crippen molar-refractivity contribution in [3.63, 3.8) is 0 Å². The standard InChI is InChI=1S/C6H12O5/c1-9-5-11-3-2-10-4-6(7)8/h2-5H2,1H3,(H,7,8). The summed E-state index contributed by atoms with van der Waals surface area (Å²) in [5.74, 6) is -0.975. The Labute approximate surface area is 64.9 Å². The second-order valence-electron chi connectivity index (χ2n) is 1.76. The zero-order chi connectivity index (χ0) is 8.53. The third kappa shape index (κ3) is 9.35. The fourth-order valence-electron chi connectivity index (χ4n) is 0.420. The van der Waals surface area contributed by atoms with Gasteiger partial charge < -0.3 is 19.3 Å². The first-order valence-corrected chi connectivity index (χ1v) is 3.13. The maximum atomic E-state index is 9.90. The Morgan fingerprint density at radius 2 is 2.00 bits per heavy atom. The van der Waals surface area contributed by atoms with Gasteiger partial charge in [0.2, 0.25) is 0 Å². The smallest absolute Gasteiger partial charge is 0.329 e. The van der Waals surface area contributed by atoms with Gasteiger partial charge in [0.1, 0.15) is 13.4 Å². The Morgan fingerprint density at radius 3 is 2.55 bits per heavy atom. The largest absolute Gasteiger partial charge is 0.480 e. The molecule has 0 saturated heterocycles. The van der Waals surface area contributed by atoms with Crippen LogP contribution >= 0.6 is 0 Å². The molecule has 0 spiro atoms. The van der Waals surface area contributed by atoms with Crippen LogP contribution < -0.4 is 0 Å². The van der Waals surface area contributed by atoms with Crippen LogP contribution in [0, 0.1) is 0 Å².